The quantitative estimate of drug-likeness (QED) is 0.216. The lowest BCUT2D eigenvalue weighted by atomic mass is 10.1. The lowest BCUT2D eigenvalue weighted by molar-refractivity contribution is -0.142. The molecule has 0 rings (SSSR count). The Balaban J connectivity index is 4.87. The smallest absolute Gasteiger partial charge is 0.326 e. The lowest BCUT2D eigenvalue weighted by Gasteiger charge is -2.22. The molecule has 3 amide bonds. The molecule has 3 unspecified atom stereocenters. The van der Waals surface area contributed by atoms with Gasteiger partial charge in [-0.15, -0.1) is 0 Å². The van der Waals surface area contributed by atoms with Crippen molar-refractivity contribution in [3.63, 3.8) is 0 Å². The summed E-state index contributed by atoms with van der Waals surface area (Å²) in [6.07, 6.45) is 1.19. The number of primary amides is 1. The summed E-state index contributed by atoms with van der Waals surface area (Å²) in [6.45, 7) is 1.86. The zero-order valence-electron chi connectivity index (χ0n) is 13.8. The molecule has 0 aliphatic carbocycles. The van der Waals surface area contributed by atoms with Crippen LogP contribution in [-0.4, -0.2) is 53.5 Å². The molecule has 10 heteroatoms. The van der Waals surface area contributed by atoms with Crippen LogP contribution in [0.2, 0.25) is 0 Å². The normalized spacial score (nSPS) is 14.3. The van der Waals surface area contributed by atoms with Crippen molar-refractivity contribution in [2.75, 3.05) is 6.54 Å². The van der Waals surface area contributed by atoms with Crippen LogP contribution in [0.4, 0.5) is 0 Å². The van der Waals surface area contributed by atoms with Gasteiger partial charge in [-0.1, -0.05) is 0 Å². The molecule has 0 saturated heterocycles. The van der Waals surface area contributed by atoms with Gasteiger partial charge >= 0.3 is 5.97 Å². The Morgan fingerprint density at radius 3 is 2.04 bits per heavy atom. The molecule has 3 atom stereocenters. The minimum atomic E-state index is -1.19. The largest absolute Gasteiger partial charge is 0.480 e. The number of carbonyl (C=O) groups is 4. The van der Waals surface area contributed by atoms with E-state index < -0.39 is 41.8 Å². The first-order valence-electron chi connectivity index (χ1n) is 7.76. The Hall–Kier alpha value is -2.20. The van der Waals surface area contributed by atoms with Crippen LogP contribution in [0.15, 0.2) is 0 Å². The Labute approximate surface area is 140 Å². The Kier molecular flexibility index (Phi) is 10.3. The summed E-state index contributed by atoms with van der Waals surface area (Å²) < 4.78 is 0. The van der Waals surface area contributed by atoms with Gasteiger partial charge in [-0.2, -0.15) is 0 Å². The molecule has 0 aromatic heterocycles. The molecule has 0 aliphatic rings. The van der Waals surface area contributed by atoms with E-state index in [1.54, 1.807) is 0 Å². The van der Waals surface area contributed by atoms with E-state index in [9.17, 15) is 19.2 Å². The average molecular weight is 345 g/mol. The molecule has 9 N–H and O–H groups in total. The summed E-state index contributed by atoms with van der Waals surface area (Å²) in [6, 6.07) is -3.05. The molecule has 0 radical (unpaired) electrons. The molecule has 0 bridgehead atoms. The molecule has 0 heterocycles. The third-order valence-electron chi connectivity index (χ3n) is 3.29. The first-order valence-corrected chi connectivity index (χ1v) is 7.76. The number of carboxylic acid groups (broad SMARTS) is 1. The van der Waals surface area contributed by atoms with Crippen LogP contribution in [0.25, 0.3) is 0 Å². The van der Waals surface area contributed by atoms with Gasteiger partial charge in [0.05, 0.1) is 6.04 Å². The third kappa shape index (κ3) is 9.06. The minimum Gasteiger partial charge on any atom is -0.480 e. The van der Waals surface area contributed by atoms with E-state index in [1.165, 1.54) is 6.92 Å². The van der Waals surface area contributed by atoms with Crippen molar-refractivity contribution < 1.29 is 24.3 Å². The summed E-state index contributed by atoms with van der Waals surface area (Å²) >= 11 is 0. The van der Waals surface area contributed by atoms with Crippen molar-refractivity contribution in [2.45, 2.75) is 57.2 Å². The molecule has 10 nitrogen and oxygen atoms in total. The number of amides is 3. The average Bonchev–Trinajstić information content (AvgIpc) is 2.49. The fourth-order valence-electron chi connectivity index (χ4n) is 1.88. The molecule has 0 aliphatic heterocycles. The zero-order chi connectivity index (χ0) is 18.7. The number of hydrogen-bond donors (Lipinski definition) is 6. The van der Waals surface area contributed by atoms with Crippen LogP contribution < -0.4 is 27.8 Å². The highest BCUT2D eigenvalue weighted by Crippen LogP contribution is 2.04. The van der Waals surface area contributed by atoms with E-state index in [2.05, 4.69) is 10.6 Å². The van der Waals surface area contributed by atoms with Crippen molar-refractivity contribution in [1.82, 2.24) is 10.6 Å². The van der Waals surface area contributed by atoms with Crippen LogP contribution in [0.1, 0.15) is 39.0 Å². The highest BCUT2D eigenvalue weighted by molar-refractivity contribution is 5.92. The van der Waals surface area contributed by atoms with Crippen molar-refractivity contribution in [3.05, 3.63) is 0 Å². The number of carboxylic acids is 1. The summed E-state index contributed by atoms with van der Waals surface area (Å²) in [5, 5.41) is 13.9. The monoisotopic (exact) mass is 345 g/mol. The summed E-state index contributed by atoms with van der Waals surface area (Å²) in [5.74, 6) is -3.12. The number of nitrogens with two attached hydrogens (primary N) is 3. The Morgan fingerprint density at radius 1 is 1.00 bits per heavy atom. The van der Waals surface area contributed by atoms with Crippen LogP contribution in [0, 0.1) is 0 Å². The Morgan fingerprint density at radius 2 is 1.58 bits per heavy atom. The van der Waals surface area contributed by atoms with Crippen molar-refractivity contribution in [1.29, 1.82) is 0 Å². The highest BCUT2D eigenvalue weighted by atomic mass is 16.4. The van der Waals surface area contributed by atoms with Gasteiger partial charge in [-0.25, -0.2) is 4.79 Å². The van der Waals surface area contributed by atoms with Gasteiger partial charge in [0.15, 0.2) is 0 Å². The molecule has 0 aromatic carbocycles. The second-order valence-corrected chi connectivity index (χ2v) is 5.54. The predicted molar refractivity (Wildman–Crippen MR) is 86.5 cm³/mol. The van der Waals surface area contributed by atoms with Gasteiger partial charge in [0.1, 0.15) is 12.1 Å². The maximum Gasteiger partial charge on any atom is 0.326 e. The topological polar surface area (TPSA) is 191 Å². The second-order valence-electron chi connectivity index (χ2n) is 5.54. The van der Waals surface area contributed by atoms with E-state index in [1.807, 2.05) is 0 Å². The first-order chi connectivity index (χ1) is 11.2. The van der Waals surface area contributed by atoms with E-state index in [0.29, 0.717) is 19.4 Å². The molecular weight excluding hydrogens is 318 g/mol. The van der Waals surface area contributed by atoms with Crippen LogP contribution in [-0.2, 0) is 19.2 Å². The van der Waals surface area contributed by atoms with Gasteiger partial charge in [-0.3, -0.25) is 14.4 Å². The standard InChI is InChI=1S/C14H27N5O5/c1-8(16)12(21)18-9(5-6-11(17)20)13(22)19-10(14(23)24)4-2-3-7-15/h8-10H,2-7,15-16H2,1H3,(H2,17,20)(H,18,21)(H,19,22)(H,23,24). The van der Waals surface area contributed by atoms with Crippen LogP contribution >= 0.6 is 0 Å². The van der Waals surface area contributed by atoms with E-state index >= 15 is 0 Å². The summed E-state index contributed by atoms with van der Waals surface area (Å²) in [4.78, 5) is 46.0. The number of aliphatic carboxylic acids is 1. The fourth-order valence-corrected chi connectivity index (χ4v) is 1.88. The first kappa shape index (κ1) is 21.8. The molecule has 0 saturated carbocycles. The Bertz CT molecular complexity index is 455. The van der Waals surface area contributed by atoms with Crippen LogP contribution in [0.5, 0.6) is 0 Å². The van der Waals surface area contributed by atoms with Gasteiger partial charge < -0.3 is 32.9 Å². The number of rotatable bonds is 12. The maximum absolute atomic E-state index is 12.3. The lowest BCUT2D eigenvalue weighted by Crippen LogP contribution is -2.54. The van der Waals surface area contributed by atoms with E-state index in [-0.39, 0.29) is 19.3 Å². The van der Waals surface area contributed by atoms with Crippen LogP contribution in [0.3, 0.4) is 0 Å². The SMILES string of the molecule is CC(N)C(=O)NC(CCC(N)=O)C(=O)NC(CCCCN)C(=O)O. The maximum atomic E-state index is 12.3. The summed E-state index contributed by atoms with van der Waals surface area (Å²) in [5.41, 5.74) is 15.8. The molecule has 0 aromatic rings. The number of hydrogen-bond acceptors (Lipinski definition) is 6. The second kappa shape index (κ2) is 11.4. The number of unbranched alkanes of at least 4 members (excludes halogenated alkanes) is 1. The molecule has 24 heavy (non-hydrogen) atoms. The van der Waals surface area contributed by atoms with Crippen molar-refractivity contribution in [2.24, 2.45) is 17.2 Å². The predicted octanol–water partition coefficient (Wildman–Crippen LogP) is -2.22. The summed E-state index contributed by atoms with van der Waals surface area (Å²) in [7, 11) is 0. The molecular formula is C14H27N5O5. The molecule has 0 spiro atoms. The van der Waals surface area contributed by atoms with Gasteiger partial charge in [0.25, 0.3) is 0 Å². The van der Waals surface area contributed by atoms with Crippen molar-refractivity contribution >= 4 is 23.7 Å². The van der Waals surface area contributed by atoms with Crippen molar-refractivity contribution in [3.8, 4) is 0 Å². The molecule has 0 fully saturated rings. The number of carbonyl (C=O) groups excluding carboxylic acids is 3. The van der Waals surface area contributed by atoms with E-state index in [4.69, 9.17) is 22.3 Å². The minimum absolute atomic E-state index is 0.0469. The molecule has 138 valence electrons. The van der Waals surface area contributed by atoms with Gasteiger partial charge in [-0.05, 0) is 39.2 Å². The van der Waals surface area contributed by atoms with E-state index in [0.717, 1.165) is 0 Å². The zero-order valence-corrected chi connectivity index (χ0v) is 13.8. The number of nitrogens with one attached hydrogen (secondary N) is 2. The highest BCUT2D eigenvalue weighted by Gasteiger charge is 2.27. The fraction of sp³-hybridized carbons (Fsp3) is 0.714. The van der Waals surface area contributed by atoms with Gasteiger partial charge in [0, 0.05) is 6.42 Å². The van der Waals surface area contributed by atoms with Gasteiger partial charge in [0.2, 0.25) is 17.7 Å². The third-order valence-corrected chi connectivity index (χ3v) is 3.29.